The highest BCUT2D eigenvalue weighted by atomic mass is 79.9. The van der Waals surface area contributed by atoms with Crippen LogP contribution in [0.3, 0.4) is 0 Å². The van der Waals surface area contributed by atoms with Gasteiger partial charge >= 0.3 is 0 Å². The molecule has 0 saturated heterocycles. The number of aromatic amines is 1. The number of ether oxygens (including phenoxy) is 2. The van der Waals surface area contributed by atoms with E-state index in [1.54, 1.807) is 0 Å². The Hall–Kier alpha value is -0.860. The topological polar surface area (TPSA) is 64.2 Å². The lowest BCUT2D eigenvalue weighted by Crippen LogP contribution is -2.18. The highest BCUT2D eigenvalue weighted by molar-refractivity contribution is 9.10. The fourth-order valence-electron chi connectivity index (χ4n) is 1.25. The minimum atomic E-state index is -2.49. The highest BCUT2D eigenvalue weighted by Crippen LogP contribution is 2.10. The third kappa shape index (κ3) is 4.79. The molecule has 0 aromatic carbocycles. The largest absolute Gasteiger partial charge is 0.378 e. The second-order valence-electron chi connectivity index (χ2n) is 3.42. The number of rotatable bonds is 7. The zero-order chi connectivity index (χ0) is 13.5. The monoisotopic (exact) mass is 326 g/mol. The Kier molecular flexibility index (Phi) is 6.37. The molecule has 0 bridgehead atoms. The van der Waals surface area contributed by atoms with E-state index in [0.29, 0.717) is 16.0 Å². The summed E-state index contributed by atoms with van der Waals surface area (Å²) in [4.78, 5) is 18.2. The Labute approximate surface area is 111 Å². The van der Waals surface area contributed by atoms with Crippen molar-refractivity contribution in [3.05, 3.63) is 26.3 Å². The van der Waals surface area contributed by atoms with Crippen molar-refractivity contribution in [3.63, 3.8) is 0 Å². The molecule has 0 atom stereocenters. The van der Waals surface area contributed by atoms with Crippen molar-refractivity contribution in [3.8, 4) is 0 Å². The molecule has 1 aromatic heterocycles. The first kappa shape index (κ1) is 15.2. The Morgan fingerprint density at radius 3 is 2.83 bits per heavy atom. The molecule has 102 valence electrons. The van der Waals surface area contributed by atoms with Crippen LogP contribution in [0.1, 0.15) is 11.5 Å². The van der Waals surface area contributed by atoms with Crippen molar-refractivity contribution in [2.24, 2.45) is 0 Å². The highest BCUT2D eigenvalue weighted by Gasteiger charge is 2.09. The number of methoxy groups -OCH3 is 1. The van der Waals surface area contributed by atoms with Gasteiger partial charge in [-0.05, 0) is 15.9 Å². The summed E-state index contributed by atoms with van der Waals surface area (Å²) in [7, 11) is 1.49. The Bertz CT molecular complexity index is 440. The lowest BCUT2D eigenvalue weighted by Gasteiger charge is -2.06. The molecule has 0 radical (unpaired) electrons. The third-order valence-corrected chi connectivity index (χ3v) is 2.81. The lowest BCUT2D eigenvalue weighted by atomic mass is 10.3. The van der Waals surface area contributed by atoms with E-state index >= 15 is 0 Å². The molecule has 0 fully saturated rings. The first-order chi connectivity index (χ1) is 8.54. The van der Waals surface area contributed by atoms with E-state index in [0.717, 1.165) is 0 Å². The van der Waals surface area contributed by atoms with Crippen molar-refractivity contribution >= 4 is 15.9 Å². The molecule has 0 amide bonds. The van der Waals surface area contributed by atoms with Crippen molar-refractivity contribution < 1.29 is 18.3 Å². The standard InChI is InChI=1S/C10H13BrF2N2O3/c1-17-4-6-9(11)10(16)15-8(14-6)2-3-18-5-7(12)13/h7H,2-5H2,1H3,(H,14,15,16). The summed E-state index contributed by atoms with van der Waals surface area (Å²) in [5, 5.41) is 0. The van der Waals surface area contributed by atoms with Gasteiger partial charge in [0.2, 0.25) is 0 Å². The smallest absolute Gasteiger partial charge is 0.265 e. The van der Waals surface area contributed by atoms with Crippen LogP contribution in [0.4, 0.5) is 8.78 Å². The van der Waals surface area contributed by atoms with Gasteiger partial charge in [-0.25, -0.2) is 13.8 Å². The van der Waals surface area contributed by atoms with Gasteiger partial charge in [-0.2, -0.15) is 0 Å². The van der Waals surface area contributed by atoms with Gasteiger partial charge in [0.1, 0.15) is 16.9 Å². The predicted molar refractivity (Wildman–Crippen MR) is 63.8 cm³/mol. The molecule has 0 spiro atoms. The molecule has 18 heavy (non-hydrogen) atoms. The number of hydrogen-bond acceptors (Lipinski definition) is 4. The molecule has 1 N–H and O–H groups in total. The zero-order valence-corrected chi connectivity index (χ0v) is 11.3. The SMILES string of the molecule is COCc1nc(CCOCC(F)F)[nH]c(=O)c1Br. The van der Waals surface area contributed by atoms with E-state index in [1.165, 1.54) is 7.11 Å². The second kappa shape index (κ2) is 7.55. The molecule has 8 heteroatoms. The van der Waals surface area contributed by atoms with Crippen LogP contribution in [0.25, 0.3) is 0 Å². The van der Waals surface area contributed by atoms with Crippen molar-refractivity contribution in [2.75, 3.05) is 20.3 Å². The van der Waals surface area contributed by atoms with Gasteiger partial charge in [-0.15, -0.1) is 0 Å². The molecule has 1 rings (SSSR count). The molecule has 0 aliphatic rings. The van der Waals surface area contributed by atoms with E-state index in [9.17, 15) is 13.6 Å². The summed E-state index contributed by atoms with van der Waals surface area (Å²) < 4.78 is 33.6. The fourth-order valence-corrected chi connectivity index (χ4v) is 1.55. The molecule has 0 unspecified atom stereocenters. The predicted octanol–water partition coefficient (Wildman–Crippen LogP) is 1.50. The Morgan fingerprint density at radius 2 is 2.22 bits per heavy atom. The molecule has 0 saturated carbocycles. The average molecular weight is 327 g/mol. The zero-order valence-electron chi connectivity index (χ0n) is 9.71. The third-order valence-electron chi connectivity index (χ3n) is 1.99. The average Bonchev–Trinajstić information content (AvgIpc) is 2.31. The first-order valence-corrected chi connectivity index (χ1v) is 5.96. The molecule has 1 heterocycles. The summed E-state index contributed by atoms with van der Waals surface area (Å²) in [6.07, 6.45) is -2.24. The summed E-state index contributed by atoms with van der Waals surface area (Å²) in [5.74, 6) is 0.379. The first-order valence-electron chi connectivity index (χ1n) is 5.17. The molecular weight excluding hydrogens is 314 g/mol. The van der Waals surface area contributed by atoms with Crippen molar-refractivity contribution in [1.82, 2.24) is 9.97 Å². The molecule has 0 aliphatic carbocycles. The minimum Gasteiger partial charge on any atom is -0.378 e. The van der Waals surface area contributed by atoms with Crippen LogP contribution in [0.5, 0.6) is 0 Å². The Balaban J connectivity index is 2.63. The lowest BCUT2D eigenvalue weighted by molar-refractivity contribution is 0.0182. The normalized spacial score (nSPS) is 11.2. The van der Waals surface area contributed by atoms with Crippen LogP contribution in [-0.4, -0.2) is 36.7 Å². The van der Waals surface area contributed by atoms with E-state index in [2.05, 4.69) is 25.9 Å². The second-order valence-corrected chi connectivity index (χ2v) is 4.22. The number of alkyl halides is 2. The maximum absolute atomic E-state index is 11.8. The van der Waals surface area contributed by atoms with E-state index in [-0.39, 0.29) is 25.2 Å². The van der Waals surface area contributed by atoms with Gasteiger partial charge in [0.15, 0.2) is 0 Å². The van der Waals surface area contributed by atoms with Crippen LogP contribution in [-0.2, 0) is 22.5 Å². The molecule has 5 nitrogen and oxygen atoms in total. The quantitative estimate of drug-likeness (QED) is 0.771. The number of nitrogens with zero attached hydrogens (tertiary/aromatic N) is 1. The number of halogens is 3. The van der Waals surface area contributed by atoms with Crippen molar-refractivity contribution in [1.29, 1.82) is 0 Å². The Morgan fingerprint density at radius 1 is 1.50 bits per heavy atom. The minimum absolute atomic E-state index is 0.0708. The van der Waals surface area contributed by atoms with Crippen LogP contribution >= 0.6 is 15.9 Å². The van der Waals surface area contributed by atoms with E-state index in [4.69, 9.17) is 9.47 Å². The van der Waals surface area contributed by atoms with Gasteiger partial charge in [0, 0.05) is 13.5 Å². The van der Waals surface area contributed by atoms with Gasteiger partial charge < -0.3 is 14.5 Å². The van der Waals surface area contributed by atoms with Gasteiger partial charge in [0.25, 0.3) is 12.0 Å². The summed E-state index contributed by atoms with van der Waals surface area (Å²) in [6, 6.07) is 0. The summed E-state index contributed by atoms with van der Waals surface area (Å²) in [6.45, 7) is -0.359. The summed E-state index contributed by atoms with van der Waals surface area (Å²) in [5.41, 5.74) is 0.131. The van der Waals surface area contributed by atoms with Gasteiger partial charge in [-0.3, -0.25) is 4.79 Å². The van der Waals surface area contributed by atoms with Crippen LogP contribution < -0.4 is 5.56 Å². The molecular formula is C10H13BrF2N2O3. The number of hydrogen-bond donors (Lipinski definition) is 1. The van der Waals surface area contributed by atoms with E-state index < -0.39 is 13.0 Å². The fraction of sp³-hybridized carbons (Fsp3) is 0.600. The maximum Gasteiger partial charge on any atom is 0.265 e. The van der Waals surface area contributed by atoms with E-state index in [1.807, 2.05) is 0 Å². The maximum atomic E-state index is 11.8. The van der Waals surface area contributed by atoms with Gasteiger partial charge in [-0.1, -0.05) is 0 Å². The number of aromatic nitrogens is 2. The van der Waals surface area contributed by atoms with Crippen molar-refractivity contribution in [2.45, 2.75) is 19.5 Å². The molecule has 0 aliphatic heterocycles. The van der Waals surface area contributed by atoms with Crippen LogP contribution in [0, 0.1) is 0 Å². The van der Waals surface area contributed by atoms with Crippen LogP contribution in [0.2, 0.25) is 0 Å². The summed E-state index contributed by atoms with van der Waals surface area (Å²) >= 11 is 3.10. The number of nitrogens with one attached hydrogen (secondary N) is 1. The van der Waals surface area contributed by atoms with Crippen LogP contribution in [0.15, 0.2) is 9.27 Å². The molecule has 1 aromatic rings. The number of H-pyrrole nitrogens is 1. The van der Waals surface area contributed by atoms with Gasteiger partial charge in [0.05, 0.1) is 18.9 Å².